The average Bonchev–Trinajstić information content (AvgIpc) is 3.02. The van der Waals surface area contributed by atoms with E-state index >= 15 is 0 Å². The fourth-order valence-corrected chi connectivity index (χ4v) is 1.91. The molecule has 22 heavy (non-hydrogen) atoms. The van der Waals surface area contributed by atoms with Gasteiger partial charge in [-0.3, -0.25) is 0 Å². The Bertz CT molecular complexity index is 729. The molecule has 0 aliphatic carbocycles. The molecule has 0 spiro atoms. The summed E-state index contributed by atoms with van der Waals surface area (Å²) in [6.45, 7) is 0.999. The zero-order chi connectivity index (χ0) is 15.2. The van der Waals surface area contributed by atoms with E-state index in [-0.39, 0.29) is 11.6 Å². The average molecular weight is 299 g/mol. The number of benzene rings is 1. The van der Waals surface area contributed by atoms with Gasteiger partial charge in [-0.05, 0) is 34.7 Å². The molecule has 0 saturated heterocycles. The number of halogens is 1. The maximum atomic E-state index is 13.4. The summed E-state index contributed by atoms with van der Waals surface area (Å²) in [4.78, 5) is 3.92. The molecule has 3 aromatic rings. The van der Waals surface area contributed by atoms with E-state index in [1.807, 2.05) is 30.3 Å². The molecule has 3 rings (SSSR count). The molecule has 1 aromatic carbocycles. The number of tetrazole rings is 1. The normalized spacial score (nSPS) is 10.4. The molecule has 0 fully saturated rings. The number of anilines is 2. The van der Waals surface area contributed by atoms with Crippen molar-refractivity contribution in [2.45, 2.75) is 0 Å². The Hall–Kier alpha value is -3.03. The highest BCUT2D eigenvalue weighted by Gasteiger charge is 2.07. The molecule has 2 heterocycles. The first kappa shape index (κ1) is 13.9. The lowest BCUT2D eigenvalue weighted by atomic mass is 10.3. The Morgan fingerprint density at radius 1 is 1.00 bits per heavy atom. The van der Waals surface area contributed by atoms with E-state index in [1.165, 1.54) is 12.3 Å². The van der Waals surface area contributed by atoms with Crippen molar-refractivity contribution in [2.24, 2.45) is 0 Å². The van der Waals surface area contributed by atoms with E-state index in [0.29, 0.717) is 19.0 Å². The lowest BCUT2D eigenvalue weighted by Gasteiger charge is -2.08. The molecule has 112 valence electrons. The van der Waals surface area contributed by atoms with Gasteiger partial charge in [0.25, 0.3) is 0 Å². The number of hydrogen-bond acceptors (Lipinski definition) is 6. The second-order valence-corrected chi connectivity index (χ2v) is 4.44. The molecule has 2 aromatic heterocycles. The smallest absolute Gasteiger partial charge is 0.247 e. The number of nitrogens with one attached hydrogen (secondary N) is 2. The van der Waals surface area contributed by atoms with E-state index in [1.54, 1.807) is 10.7 Å². The van der Waals surface area contributed by atoms with Gasteiger partial charge in [0.05, 0.1) is 5.69 Å². The largest absolute Gasteiger partial charge is 0.366 e. The fraction of sp³-hybridized carbons (Fsp3) is 0.143. The number of rotatable bonds is 6. The number of aromatic nitrogens is 5. The Morgan fingerprint density at radius 2 is 1.82 bits per heavy atom. The van der Waals surface area contributed by atoms with Gasteiger partial charge in [0.1, 0.15) is 0 Å². The first-order valence-corrected chi connectivity index (χ1v) is 6.76. The van der Waals surface area contributed by atoms with Crippen LogP contribution in [0.25, 0.3) is 5.69 Å². The molecule has 0 bridgehead atoms. The van der Waals surface area contributed by atoms with Gasteiger partial charge in [0, 0.05) is 19.3 Å². The van der Waals surface area contributed by atoms with Crippen LogP contribution in [0, 0.1) is 5.82 Å². The van der Waals surface area contributed by atoms with Crippen LogP contribution in [0.5, 0.6) is 0 Å². The SMILES string of the molecule is Fc1cccnc1NCCNc1nnnn1-c1ccccc1. The summed E-state index contributed by atoms with van der Waals surface area (Å²) in [5, 5.41) is 17.5. The molecule has 0 radical (unpaired) electrons. The van der Waals surface area contributed by atoms with Crippen molar-refractivity contribution < 1.29 is 4.39 Å². The fourth-order valence-electron chi connectivity index (χ4n) is 1.91. The zero-order valence-corrected chi connectivity index (χ0v) is 11.6. The van der Waals surface area contributed by atoms with Crippen molar-refractivity contribution >= 4 is 11.8 Å². The zero-order valence-electron chi connectivity index (χ0n) is 11.6. The minimum atomic E-state index is -0.378. The molecule has 0 atom stereocenters. The van der Waals surface area contributed by atoms with E-state index in [2.05, 4.69) is 31.1 Å². The van der Waals surface area contributed by atoms with Crippen LogP contribution in [-0.2, 0) is 0 Å². The van der Waals surface area contributed by atoms with Gasteiger partial charge in [-0.2, -0.15) is 4.68 Å². The predicted molar refractivity (Wildman–Crippen MR) is 80.3 cm³/mol. The highest BCUT2D eigenvalue weighted by molar-refractivity contribution is 5.39. The Morgan fingerprint density at radius 3 is 2.64 bits per heavy atom. The second-order valence-electron chi connectivity index (χ2n) is 4.44. The molecule has 0 saturated carbocycles. The van der Waals surface area contributed by atoms with E-state index in [0.717, 1.165) is 5.69 Å². The number of para-hydroxylation sites is 1. The minimum absolute atomic E-state index is 0.229. The van der Waals surface area contributed by atoms with Crippen LogP contribution in [0.4, 0.5) is 16.2 Å². The van der Waals surface area contributed by atoms with Crippen molar-refractivity contribution in [2.75, 3.05) is 23.7 Å². The monoisotopic (exact) mass is 299 g/mol. The molecule has 0 aliphatic rings. The molecule has 7 nitrogen and oxygen atoms in total. The van der Waals surface area contributed by atoms with Gasteiger partial charge in [0.2, 0.25) is 5.95 Å². The third kappa shape index (κ3) is 3.17. The number of hydrogen-bond donors (Lipinski definition) is 2. The maximum Gasteiger partial charge on any atom is 0.247 e. The minimum Gasteiger partial charge on any atom is -0.366 e. The molecule has 0 unspecified atom stereocenters. The van der Waals surface area contributed by atoms with Crippen molar-refractivity contribution in [1.29, 1.82) is 0 Å². The number of pyridine rings is 1. The van der Waals surface area contributed by atoms with Crippen molar-refractivity contribution in [3.63, 3.8) is 0 Å². The summed E-state index contributed by atoms with van der Waals surface area (Å²) in [7, 11) is 0. The van der Waals surface area contributed by atoms with Crippen LogP contribution < -0.4 is 10.6 Å². The Kier molecular flexibility index (Phi) is 4.19. The van der Waals surface area contributed by atoms with Gasteiger partial charge < -0.3 is 10.6 Å². The lowest BCUT2D eigenvalue weighted by molar-refractivity contribution is 0.624. The lowest BCUT2D eigenvalue weighted by Crippen LogP contribution is -2.17. The van der Waals surface area contributed by atoms with Gasteiger partial charge in [-0.1, -0.05) is 23.3 Å². The van der Waals surface area contributed by atoms with Crippen molar-refractivity contribution in [3.05, 3.63) is 54.5 Å². The third-order valence-corrected chi connectivity index (χ3v) is 2.93. The van der Waals surface area contributed by atoms with Crippen molar-refractivity contribution in [1.82, 2.24) is 25.2 Å². The number of nitrogens with zero attached hydrogens (tertiary/aromatic N) is 5. The summed E-state index contributed by atoms with van der Waals surface area (Å²) in [6, 6.07) is 12.5. The highest BCUT2D eigenvalue weighted by Crippen LogP contribution is 2.10. The quantitative estimate of drug-likeness (QED) is 0.675. The summed E-state index contributed by atoms with van der Waals surface area (Å²) in [5.41, 5.74) is 0.860. The van der Waals surface area contributed by atoms with Gasteiger partial charge in [-0.25, -0.2) is 9.37 Å². The molecular weight excluding hydrogens is 285 g/mol. The maximum absolute atomic E-state index is 13.4. The first-order chi connectivity index (χ1) is 10.8. The van der Waals surface area contributed by atoms with E-state index < -0.39 is 0 Å². The van der Waals surface area contributed by atoms with E-state index in [4.69, 9.17) is 0 Å². The molecule has 0 aliphatic heterocycles. The molecule has 2 N–H and O–H groups in total. The van der Waals surface area contributed by atoms with Crippen LogP contribution in [0.15, 0.2) is 48.7 Å². The van der Waals surface area contributed by atoms with Crippen LogP contribution in [0.2, 0.25) is 0 Å². The topological polar surface area (TPSA) is 80.6 Å². The standard InChI is InChI=1S/C14H14FN7/c15-12-7-4-8-16-13(12)17-9-10-18-14-19-20-21-22(14)11-5-2-1-3-6-11/h1-8H,9-10H2,(H,16,17)(H,18,19,21). The first-order valence-electron chi connectivity index (χ1n) is 6.76. The second kappa shape index (κ2) is 6.61. The van der Waals surface area contributed by atoms with Gasteiger partial charge >= 0.3 is 0 Å². The molecular formula is C14H14FN7. The Balaban J connectivity index is 1.57. The van der Waals surface area contributed by atoms with Gasteiger partial charge in [-0.15, -0.1) is 0 Å². The third-order valence-electron chi connectivity index (χ3n) is 2.93. The Labute approximate surface area is 126 Å². The van der Waals surface area contributed by atoms with Crippen LogP contribution >= 0.6 is 0 Å². The highest BCUT2D eigenvalue weighted by atomic mass is 19.1. The predicted octanol–water partition coefficient (Wildman–Crippen LogP) is 1.72. The summed E-state index contributed by atoms with van der Waals surface area (Å²) in [6.07, 6.45) is 1.54. The van der Waals surface area contributed by atoms with Crippen LogP contribution in [0.3, 0.4) is 0 Å². The summed E-state index contributed by atoms with van der Waals surface area (Å²) in [5.74, 6) is 0.373. The summed E-state index contributed by atoms with van der Waals surface area (Å²) >= 11 is 0. The summed E-state index contributed by atoms with van der Waals surface area (Å²) < 4.78 is 15.0. The van der Waals surface area contributed by atoms with Crippen LogP contribution in [0.1, 0.15) is 0 Å². The van der Waals surface area contributed by atoms with Crippen molar-refractivity contribution in [3.8, 4) is 5.69 Å². The van der Waals surface area contributed by atoms with Crippen LogP contribution in [-0.4, -0.2) is 38.3 Å². The molecule has 8 heteroatoms. The molecule has 0 amide bonds. The van der Waals surface area contributed by atoms with E-state index in [9.17, 15) is 4.39 Å². The van der Waals surface area contributed by atoms with Gasteiger partial charge in [0.15, 0.2) is 11.6 Å².